The molecule has 0 aromatic heterocycles. The van der Waals surface area contributed by atoms with Crippen LogP contribution in [0.15, 0.2) is 54.1 Å². The number of hydrogen-bond donors (Lipinski definition) is 0. The first-order chi connectivity index (χ1) is 10.0. The van der Waals surface area contributed by atoms with Crippen molar-refractivity contribution in [1.82, 2.24) is 0 Å². The lowest BCUT2D eigenvalue weighted by Crippen LogP contribution is -2.04. The number of halogens is 2. The van der Waals surface area contributed by atoms with Crippen LogP contribution >= 0.6 is 34.2 Å². The highest BCUT2D eigenvalue weighted by atomic mass is 127. The van der Waals surface area contributed by atoms with Gasteiger partial charge in [0.15, 0.2) is 0 Å². The van der Waals surface area contributed by atoms with Crippen LogP contribution in [0.3, 0.4) is 0 Å². The molecule has 2 aromatic carbocycles. The van der Waals surface area contributed by atoms with E-state index in [1.165, 1.54) is 0 Å². The molecule has 0 saturated heterocycles. The number of ketones is 1. The van der Waals surface area contributed by atoms with Gasteiger partial charge in [0.05, 0.1) is 0 Å². The van der Waals surface area contributed by atoms with Crippen LogP contribution in [0, 0.1) is 14.9 Å². The van der Waals surface area contributed by atoms with Crippen molar-refractivity contribution in [3.63, 3.8) is 0 Å². The van der Waals surface area contributed by atoms with Crippen molar-refractivity contribution in [2.75, 3.05) is 0 Å². The molecule has 0 atom stereocenters. The summed E-state index contributed by atoms with van der Waals surface area (Å²) in [6, 6.07) is 16.3. The molecule has 0 radical (unpaired) electrons. The zero-order valence-corrected chi connectivity index (χ0v) is 14.1. The van der Waals surface area contributed by atoms with Crippen LogP contribution in [0.1, 0.15) is 22.8 Å². The first kappa shape index (κ1) is 15.7. The molecule has 0 spiro atoms. The second-order valence-corrected chi connectivity index (χ2v) is 6.14. The zero-order valence-electron chi connectivity index (χ0n) is 11.2. The molecule has 0 aliphatic heterocycles. The van der Waals surface area contributed by atoms with Gasteiger partial charge in [-0.25, -0.2) is 0 Å². The van der Waals surface area contributed by atoms with Gasteiger partial charge in [0.2, 0.25) is 5.78 Å². The highest BCUT2D eigenvalue weighted by molar-refractivity contribution is 14.1. The summed E-state index contributed by atoms with van der Waals surface area (Å²) >= 11 is 8.03. The number of allylic oxidation sites excluding steroid dienone is 2. The third-order valence-electron chi connectivity index (χ3n) is 3.10. The lowest BCUT2D eigenvalue weighted by atomic mass is 9.96. The minimum Gasteiger partial charge on any atom is -0.288 e. The van der Waals surface area contributed by atoms with Crippen molar-refractivity contribution in [2.45, 2.75) is 6.92 Å². The van der Waals surface area contributed by atoms with Crippen molar-refractivity contribution < 1.29 is 4.79 Å². The molecule has 0 amide bonds. The smallest absolute Gasteiger partial charge is 0.203 e. The van der Waals surface area contributed by atoms with Crippen LogP contribution in [-0.2, 0) is 0 Å². The number of Topliss-reactive ketones (excluding diaryl/α,β-unsaturated/α-hetero) is 1. The Kier molecular flexibility index (Phi) is 5.16. The molecule has 0 aliphatic rings. The van der Waals surface area contributed by atoms with Gasteiger partial charge in [-0.1, -0.05) is 23.7 Å². The topological polar surface area (TPSA) is 40.9 Å². The predicted octanol–water partition coefficient (Wildman–Crippen LogP) is 5.12. The van der Waals surface area contributed by atoms with Gasteiger partial charge in [0.1, 0.15) is 11.6 Å². The largest absolute Gasteiger partial charge is 0.288 e. The van der Waals surface area contributed by atoms with Crippen LogP contribution in [0.2, 0.25) is 5.02 Å². The van der Waals surface area contributed by atoms with E-state index in [0.29, 0.717) is 16.2 Å². The van der Waals surface area contributed by atoms with E-state index < -0.39 is 0 Å². The van der Waals surface area contributed by atoms with Crippen molar-refractivity contribution in [1.29, 1.82) is 5.26 Å². The molecule has 0 bridgehead atoms. The minimum absolute atomic E-state index is 0.151. The summed E-state index contributed by atoms with van der Waals surface area (Å²) in [7, 11) is 0. The number of benzene rings is 2. The fourth-order valence-electron chi connectivity index (χ4n) is 1.89. The van der Waals surface area contributed by atoms with Gasteiger partial charge in [-0.15, -0.1) is 0 Å². The van der Waals surface area contributed by atoms with E-state index in [2.05, 4.69) is 22.6 Å². The average molecular weight is 408 g/mol. The van der Waals surface area contributed by atoms with E-state index in [-0.39, 0.29) is 11.4 Å². The molecule has 0 heterocycles. The molecule has 104 valence electrons. The second-order valence-electron chi connectivity index (χ2n) is 4.45. The van der Waals surface area contributed by atoms with E-state index in [1.807, 2.05) is 30.3 Å². The lowest BCUT2D eigenvalue weighted by molar-refractivity contribution is 0.103. The van der Waals surface area contributed by atoms with Gasteiger partial charge in [-0.3, -0.25) is 4.79 Å². The van der Waals surface area contributed by atoms with Crippen LogP contribution in [-0.4, -0.2) is 5.78 Å². The summed E-state index contributed by atoms with van der Waals surface area (Å²) in [4.78, 5) is 12.4. The number of hydrogen-bond acceptors (Lipinski definition) is 2. The summed E-state index contributed by atoms with van der Waals surface area (Å²) < 4.78 is 1.10. The molecule has 0 fully saturated rings. The number of nitrogens with zero attached hydrogens (tertiary/aromatic N) is 1. The van der Waals surface area contributed by atoms with E-state index in [9.17, 15) is 10.1 Å². The Hall–Kier alpha value is -1.64. The zero-order chi connectivity index (χ0) is 15.4. The van der Waals surface area contributed by atoms with Crippen molar-refractivity contribution in [3.8, 4) is 6.07 Å². The maximum atomic E-state index is 12.4. The first-order valence-electron chi connectivity index (χ1n) is 6.20. The molecule has 2 aromatic rings. The normalized spacial score (nSPS) is 11.5. The number of carbonyl (C=O) groups excluding carboxylic acids is 1. The van der Waals surface area contributed by atoms with Gasteiger partial charge < -0.3 is 0 Å². The van der Waals surface area contributed by atoms with E-state index >= 15 is 0 Å². The summed E-state index contributed by atoms with van der Waals surface area (Å²) in [6.45, 7) is 1.79. The maximum Gasteiger partial charge on any atom is 0.203 e. The standard InChI is InChI=1S/C17H11ClINO/c1-11(12-4-8-15(19)9-5-12)16(10-20)17(21)13-2-6-14(18)7-3-13/h2-9H,1H3/b16-11-. The molecule has 4 heteroatoms. The Morgan fingerprint density at radius 2 is 1.57 bits per heavy atom. The third kappa shape index (κ3) is 3.72. The molecule has 0 aliphatic carbocycles. The maximum absolute atomic E-state index is 12.4. The van der Waals surface area contributed by atoms with E-state index in [4.69, 9.17) is 11.6 Å². The number of nitriles is 1. The van der Waals surface area contributed by atoms with Gasteiger partial charge in [-0.05, 0) is 77.0 Å². The molecular formula is C17H11ClINO. The van der Waals surface area contributed by atoms with E-state index in [1.54, 1.807) is 31.2 Å². The Morgan fingerprint density at radius 3 is 2.10 bits per heavy atom. The highest BCUT2D eigenvalue weighted by Gasteiger charge is 2.15. The molecule has 0 saturated carbocycles. The molecular weight excluding hydrogens is 397 g/mol. The summed E-state index contributed by atoms with van der Waals surface area (Å²) in [5.74, 6) is -0.287. The van der Waals surface area contributed by atoms with Crippen LogP contribution in [0.5, 0.6) is 0 Å². The Bertz CT molecular complexity index is 740. The lowest BCUT2D eigenvalue weighted by Gasteiger charge is -2.06. The van der Waals surface area contributed by atoms with Gasteiger partial charge in [0, 0.05) is 14.2 Å². The Balaban J connectivity index is 2.44. The van der Waals surface area contributed by atoms with Gasteiger partial charge >= 0.3 is 0 Å². The molecule has 2 rings (SSSR count). The number of rotatable bonds is 3. The van der Waals surface area contributed by atoms with Crippen molar-refractivity contribution >= 4 is 45.5 Å². The average Bonchev–Trinajstić information content (AvgIpc) is 2.49. The SMILES string of the molecule is C/C(=C(\C#N)C(=O)c1ccc(Cl)cc1)c1ccc(I)cc1. The fraction of sp³-hybridized carbons (Fsp3) is 0.0588. The Morgan fingerprint density at radius 1 is 1.05 bits per heavy atom. The summed E-state index contributed by atoms with van der Waals surface area (Å²) in [5.41, 5.74) is 2.16. The first-order valence-corrected chi connectivity index (χ1v) is 7.66. The minimum atomic E-state index is -0.287. The van der Waals surface area contributed by atoms with Crippen LogP contribution in [0.25, 0.3) is 5.57 Å². The quantitative estimate of drug-likeness (QED) is 0.306. The molecule has 0 N–H and O–H groups in total. The summed E-state index contributed by atoms with van der Waals surface area (Å²) in [5, 5.41) is 9.90. The Labute approximate surface area is 142 Å². The molecule has 2 nitrogen and oxygen atoms in total. The van der Waals surface area contributed by atoms with Crippen LogP contribution < -0.4 is 0 Å². The molecule has 21 heavy (non-hydrogen) atoms. The molecule has 0 unspecified atom stereocenters. The monoisotopic (exact) mass is 407 g/mol. The predicted molar refractivity (Wildman–Crippen MR) is 93.1 cm³/mol. The highest BCUT2D eigenvalue weighted by Crippen LogP contribution is 2.22. The number of carbonyl (C=O) groups is 1. The van der Waals surface area contributed by atoms with Crippen molar-refractivity contribution in [2.24, 2.45) is 0 Å². The fourth-order valence-corrected chi connectivity index (χ4v) is 2.38. The second kappa shape index (κ2) is 6.88. The van der Waals surface area contributed by atoms with Gasteiger partial charge in [0.25, 0.3) is 0 Å². The third-order valence-corrected chi connectivity index (χ3v) is 4.07. The summed E-state index contributed by atoms with van der Waals surface area (Å²) in [6.07, 6.45) is 0. The van der Waals surface area contributed by atoms with Crippen molar-refractivity contribution in [3.05, 3.63) is 73.8 Å². The van der Waals surface area contributed by atoms with E-state index in [0.717, 1.165) is 9.13 Å². The van der Waals surface area contributed by atoms with Gasteiger partial charge in [-0.2, -0.15) is 5.26 Å². The van der Waals surface area contributed by atoms with Crippen LogP contribution in [0.4, 0.5) is 0 Å².